The molecular weight excluding hydrogens is 276 g/mol. The maximum Gasteiger partial charge on any atom is 0.308 e. The summed E-state index contributed by atoms with van der Waals surface area (Å²) in [4.78, 5) is 29.0. The summed E-state index contributed by atoms with van der Waals surface area (Å²) >= 11 is 0. The fourth-order valence-electron chi connectivity index (χ4n) is 1.70. The molecule has 0 radical (unpaired) electrons. The first-order valence-corrected chi connectivity index (χ1v) is 6.54. The summed E-state index contributed by atoms with van der Waals surface area (Å²) in [6, 6.07) is 2.92. The van der Waals surface area contributed by atoms with E-state index in [1.807, 2.05) is 23.9 Å². The standard InChI is InChI=1S/C13H20N4O4/c1-10(13(18)19)9-16(7-6-15(2)3)12-5-4-11(8-14-12)17(20)21/h4-5,8,10H,6-7,9H2,1-3H3,(H,18,19). The number of anilines is 1. The zero-order valence-corrected chi connectivity index (χ0v) is 12.4. The van der Waals surface area contributed by atoms with Crippen LogP contribution in [0.2, 0.25) is 0 Å². The van der Waals surface area contributed by atoms with E-state index in [1.165, 1.54) is 12.3 Å². The summed E-state index contributed by atoms with van der Waals surface area (Å²) < 4.78 is 0. The molecule has 0 aliphatic heterocycles. The van der Waals surface area contributed by atoms with E-state index in [1.54, 1.807) is 13.0 Å². The molecule has 1 aromatic heterocycles. The van der Waals surface area contributed by atoms with Crippen LogP contribution in [0.4, 0.5) is 11.5 Å². The van der Waals surface area contributed by atoms with Crippen LogP contribution in [0.3, 0.4) is 0 Å². The lowest BCUT2D eigenvalue weighted by molar-refractivity contribution is -0.385. The molecule has 8 nitrogen and oxygen atoms in total. The molecule has 0 spiro atoms. The van der Waals surface area contributed by atoms with E-state index in [2.05, 4.69) is 4.98 Å². The molecule has 1 rings (SSSR count). The van der Waals surface area contributed by atoms with Crippen LogP contribution >= 0.6 is 0 Å². The Morgan fingerprint density at radius 1 is 1.43 bits per heavy atom. The number of pyridine rings is 1. The largest absolute Gasteiger partial charge is 0.481 e. The number of carbonyl (C=O) groups is 1. The van der Waals surface area contributed by atoms with Crippen molar-refractivity contribution in [1.82, 2.24) is 9.88 Å². The lowest BCUT2D eigenvalue weighted by Gasteiger charge is -2.26. The van der Waals surface area contributed by atoms with Gasteiger partial charge in [0.1, 0.15) is 12.0 Å². The number of carboxylic acids is 1. The molecule has 8 heteroatoms. The average molecular weight is 296 g/mol. The molecule has 0 fully saturated rings. The van der Waals surface area contributed by atoms with Crippen molar-refractivity contribution in [3.63, 3.8) is 0 Å². The molecule has 116 valence electrons. The van der Waals surface area contributed by atoms with Gasteiger partial charge >= 0.3 is 5.97 Å². The first-order valence-electron chi connectivity index (χ1n) is 6.54. The topological polar surface area (TPSA) is 99.8 Å². The lowest BCUT2D eigenvalue weighted by Crippen LogP contribution is -2.37. The van der Waals surface area contributed by atoms with Crippen molar-refractivity contribution in [3.05, 3.63) is 28.4 Å². The van der Waals surface area contributed by atoms with Gasteiger partial charge in [-0.1, -0.05) is 6.92 Å². The first kappa shape index (κ1) is 16.8. The number of aromatic nitrogens is 1. The maximum absolute atomic E-state index is 11.0. The molecule has 1 atom stereocenters. The van der Waals surface area contributed by atoms with Crippen molar-refractivity contribution in [1.29, 1.82) is 0 Å². The van der Waals surface area contributed by atoms with Gasteiger partial charge in [0.2, 0.25) is 0 Å². The van der Waals surface area contributed by atoms with Gasteiger partial charge in [-0.05, 0) is 20.2 Å². The number of nitro groups is 1. The number of rotatable bonds is 8. The number of carboxylic acid groups (broad SMARTS) is 1. The van der Waals surface area contributed by atoms with Crippen molar-refractivity contribution in [2.45, 2.75) is 6.92 Å². The van der Waals surface area contributed by atoms with Gasteiger partial charge in [-0.25, -0.2) is 4.98 Å². The van der Waals surface area contributed by atoms with E-state index in [9.17, 15) is 14.9 Å². The van der Waals surface area contributed by atoms with Crippen molar-refractivity contribution < 1.29 is 14.8 Å². The Balaban J connectivity index is 2.88. The maximum atomic E-state index is 11.0. The van der Waals surface area contributed by atoms with E-state index in [0.29, 0.717) is 18.9 Å². The molecule has 0 saturated heterocycles. The Labute approximate surface area is 123 Å². The predicted octanol–water partition coefficient (Wildman–Crippen LogP) is 1.08. The molecule has 0 aromatic carbocycles. The quantitative estimate of drug-likeness (QED) is 0.566. The minimum Gasteiger partial charge on any atom is -0.481 e. The molecular formula is C13H20N4O4. The summed E-state index contributed by atoms with van der Waals surface area (Å²) in [7, 11) is 3.84. The molecule has 0 amide bonds. The first-order chi connectivity index (χ1) is 9.81. The van der Waals surface area contributed by atoms with Gasteiger partial charge in [-0.3, -0.25) is 14.9 Å². The normalized spacial score (nSPS) is 12.2. The fourth-order valence-corrected chi connectivity index (χ4v) is 1.70. The summed E-state index contributed by atoms with van der Waals surface area (Å²) in [6.45, 7) is 3.24. The lowest BCUT2D eigenvalue weighted by atomic mass is 10.1. The molecule has 1 unspecified atom stereocenters. The SMILES string of the molecule is CC(CN(CCN(C)C)c1ccc([N+](=O)[O-])cn1)C(=O)O. The molecule has 0 aliphatic carbocycles. The Hall–Kier alpha value is -2.22. The number of likely N-dealkylation sites (N-methyl/N-ethyl adjacent to an activating group) is 1. The Morgan fingerprint density at radius 2 is 2.10 bits per heavy atom. The summed E-state index contributed by atoms with van der Waals surface area (Å²) in [5.41, 5.74) is -0.0856. The second kappa shape index (κ2) is 7.53. The zero-order valence-electron chi connectivity index (χ0n) is 12.4. The molecule has 1 N–H and O–H groups in total. The molecule has 21 heavy (non-hydrogen) atoms. The number of hydrogen-bond donors (Lipinski definition) is 1. The van der Waals surface area contributed by atoms with Gasteiger partial charge in [0.05, 0.1) is 10.8 Å². The van der Waals surface area contributed by atoms with Crippen LogP contribution in [0, 0.1) is 16.0 Å². The highest BCUT2D eigenvalue weighted by Crippen LogP contribution is 2.17. The van der Waals surface area contributed by atoms with Gasteiger partial charge < -0.3 is 14.9 Å². The zero-order chi connectivity index (χ0) is 16.0. The fraction of sp³-hybridized carbons (Fsp3) is 0.538. The molecule has 0 bridgehead atoms. The van der Waals surface area contributed by atoms with Crippen LogP contribution in [0.1, 0.15) is 6.92 Å². The van der Waals surface area contributed by atoms with E-state index >= 15 is 0 Å². The second-order valence-electron chi connectivity index (χ2n) is 5.12. The minimum atomic E-state index is -0.883. The number of hydrogen-bond acceptors (Lipinski definition) is 6. The Kier molecular flexibility index (Phi) is 6.04. The summed E-state index contributed by atoms with van der Waals surface area (Å²) in [5.74, 6) is -0.897. The van der Waals surface area contributed by atoms with Gasteiger partial charge in [-0.2, -0.15) is 0 Å². The second-order valence-corrected chi connectivity index (χ2v) is 5.12. The third-order valence-electron chi connectivity index (χ3n) is 3.00. The van der Waals surface area contributed by atoms with Crippen LogP contribution in [-0.2, 0) is 4.79 Å². The third-order valence-corrected chi connectivity index (χ3v) is 3.00. The van der Waals surface area contributed by atoms with Gasteiger partial charge in [-0.15, -0.1) is 0 Å². The van der Waals surface area contributed by atoms with Crippen LogP contribution in [0.5, 0.6) is 0 Å². The monoisotopic (exact) mass is 296 g/mol. The van der Waals surface area contributed by atoms with Gasteiger partial charge in [0.25, 0.3) is 5.69 Å². The summed E-state index contributed by atoms with van der Waals surface area (Å²) in [5, 5.41) is 19.7. The van der Waals surface area contributed by atoms with Gasteiger partial charge in [0.15, 0.2) is 0 Å². The highest BCUT2D eigenvalue weighted by molar-refractivity contribution is 5.70. The molecule has 0 aliphatic rings. The Bertz CT molecular complexity index is 489. The highest BCUT2D eigenvalue weighted by atomic mass is 16.6. The van der Waals surface area contributed by atoms with E-state index < -0.39 is 16.8 Å². The summed E-state index contributed by atoms with van der Waals surface area (Å²) in [6.07, 6.45) is 1.18. The van der Waals surface area contributed by atoms with Crippen molar-refractivity contribution in [3.8, 4) is 0 Å². The highest BCUT2D eigenvalue weighted by Gasteiger charge is 2.18. The van der Waals surface area contributed by atoms with E-state index in [-0.39, 0.29) is 5.69 Å². The van der Waals surface area contributed by atoms with Crippen molar-refractivity contribution in [2.24, 2.45) is 5.92 Å². The van der Waals surface area contributed by atoms with E-state index in [4.69, 9.17) is 5.11 Å². The van der Waals surface area contributed by atoms with Crippen molar-refractivity contribution >= 4 is 17.5 Å². The predicted molar refractivity (Wildman–Crippen MR) is 78.5 cm³/mol. The van der Waals surface area contributed by atoms with Crippen LogP contribution in [0.25, 0.3) is 0 Å². The molecule has 1 heterocycles. The van der Waals surface area contributed by atoms with Crippen LogP contribution in [-0.4, -0.2) is 59.6 Å². The van der Waals surface area contributed by atoms with Gasteiger partial charge in [0, 0.05) is 25.7 Å². The van der Waals surface area contributed by atoms with Crippen LogP contribution < -0.4 is 4.90 Å². The molecule has 0 saturated carbocycles. The minimum absolute atomic E-state index is 0.0856. The van der Waals surface area contributed by atoms with Crippen molar-refractivity contribution in [2.75, 3.05) is 38.6 Å². The number of nitrogens with zero attached hydrogens (tertiary/aromatic N) is 4. The smallest absolute Gasteiger partial charge is 0.308 e. The Morgan fingerprint density at radius 3 is 2.52 bits per heavy atom. The molecule has 1 aromatic rings. The third kappa shape index (κ3) is 5.35. The number of aliphatic carboxylic acids is 1. The average Bonchev–Trinajstić information content (AvgIpc) is 2.42. The van der Waals surface area contributed by atoms with Crippen LogP contribution in [0.15, 0.2) is 18.3 Å². The van der Waals surface area contributed by atoms with E-state index in [0.717, 1.165) is 6.54 Å².